The monoisotopic (exact) mass is 254 g/mol. The first-order valence-corrected chi connectivity index (χ1v) is 6.40. The largest absolute Gasteiger partial charge is 0.309 e. The third-order valence-corrected chi connectivity index (χ3v) is 3.26. The predicted octanol–water partition coefficient (Wildman–Crippen LogP) is 0.436. The third kappa shape index (κ3) is 3.29. The number of nitrogens with one attached hydrogen (secondary N) is 3. The van der Waals surface area contributed by atoms with Crippen LogP contribution in [0.2, 0.25) is 0 Å². The molecule has 0 saturated carbocycles. The van der Waals surface area contributed by atoms with E-state index < -0.39 is 0 Å². The van der Waals surface area contributed by atoms with Gasteiger partial charge in [0.2, 0.25) is 17.8 Å². The maximum Gasteiger partial charge on any atom is 0.246 e. The van der Waals surface area contributed by atoms with Crippen LogP contribution in [0.4, 0.5) is 0 Å². The summed E-state index contributed by atoms with van der Waals surface area (Å²) < 4.78 is 0. The molecule has 2 unspecified atom stereocenters. The first-order valence-electron chi connectivity index (χ1n) is 6.40. The average Bonchev–Trinajstić information content (AvgIpc) is 2.47. The van der Waals surface area contributed by atoms with E-state index in [1.165, 1.54) is 4.90 Å². The number of hydrogen-bond donors (Lipinski definition) is 3. The molecule has 3 N–H and O–H groups in total. The highest BCUT2D eigenvalue weighted by Crippen LogP contribution is 2.17. The number of rotatable bonds is 2. The molecular weight excluding hydrogens is 232 g/mol. The Bertz CT molecular complexity index is 343. The molecule has 0 bridgehead atoms. The fraction of sp³-hybridized carbons (Fsp3) is 0.750. The molecule has 0 aromatic rings. The lowest BCUT2D eigenvalue weighted by Gasteiger charge is -2.29. The minimum absolute atomic E-state index is 0.0551. The van der Waals surface area contributed by atoms with Gasteiger partial charge in [-0.25, -0.2) is 0 Å². The van der Waals surface area contributed by atoms with E-state index >= 15 is 0 Å². The van der Waals surface area contributed by atoms with E-state index in [9.17, 15) is 9.59 Å². The summed E-state index contributed by atoms with van der Waals surface area (Å²) in [4.78, 5) is 25.0. The van der Waals surface area contributed by atoms with Crippen LogP contribution in [0.15, 0.2) is 0 Å². The number of carbonyl (C=O) groups is 2. The predicted molar refractivity (Wildman–Crippen MR) is 69.2 cm³/mol. The second kappa shape index (κ2) is 6.49. The summed E-state index contributed by atoms with van der Waals surface area (Å²) >= 11 is 0. The van der Waals surface area contributed by atoms with Gasteiger partial charge < -0.3 is 5.32 Å². The van der Waals surface area contributed by atoms with Crippen LogP contribution in [0.3, 0.4) is 0 Å². The molecule has 6 nitrogen and oxygen atoms in total. The zero-order valence-corrected chi connectivity index (χ0v) is 11.2. The van der Waals surface area contributed by atoms with Crippen molar-refractivity contribution in [2.75, 3.05) is 7.05 Å². The van der Waals surface area contributed by atoms with Crippen molar-refractivity contribution >= 4 is 17.8 Å². The van der Waals surface area contributed by atoms with E-state index in [0.717, 1.165) is 19.3 Å². The molecule has 1 aliphatic heterocycles. The molecule has 0 aliphatic carbocycles. The minimum atomic E-state index is -0.270. The van der Waals surface area contributed by atoms with E-state index in [-0.39, 0.29) is 29.9 Å². The van der Waals surface area contributed by atoms with Crippen molar-refractivity contribution in [2.45, 2.75) is 51.6 Å². The minimum Gasteiger partial charge on any atom is -0.309 e. The number of hydrogen-bond acceptors (Lipinski definition) is 4. The Morgan fingerprint density at radius 1 is 1.50 bits per heavy atom. The van der Waals surface area contributed by atoms with Gasteiger partial charge in [-0.3, -0.25) is 25.2 Å². The van der Waals surface area contributed by atoms with Gasteiger partial charge >= 0.3 is 0 Å². The van der Waals surface area contributed by atoms with Crippen molar-refractivity contribution in [3.8, 4) is 0 Å². The SMILES string of the molecule is CCC(=O)NC(=N)N1C(=O)C(NC)CCCC1C. The highest BCUT2D eigenvalue weighted by molar-refractivity contribution is 6.04. The number of nitrogens with zero attached hydrogens (tertiary/aromatic N) is 1. The number of guanidine groups is 1. The van der Waals surface area contributed by atoms with Gasteiger partial charge in [0.05, 0.1) is 6.04 Å². The van der Waals surface area contributed by atoms with E-state index in [0.29, 0.717) is 6.42 Å². The van der Waals surface area contributed by atoms with Gasteiger partial charge in [0.15, 0.2) is 0 Å². The van der Waals surface area contributed by atoms with Crippen molar-refractivity contribution in [1.82, 2.24) is 15.5 Å². The zero-order valence-electron chi connectivity index (χ0n) is 11.2. The van der Waals surface area contributed by atoms with Crippen molar-refractivity contribution in [2.24, 2.45) is 0 Å². The average molecular weight is 254 g/mol. The Balaban J connectivity index is 2.83. The van der Waals surface area contributed by atoms with Crippen LogP contribution in [0, 0.1) is 5.41 Å². The van der Waals surface area contributed by atoms with Gasteiger partial charge in [-0.05, 0) is 33.2 Å². The lowest BCUT2D eigenvalue weighted by molar-refractivity contribution is -0.130. The lowest BCUT2D eigenvalue weighted by atomic mass is 10.1. The lowest BCUT2D eigenvalue weighted by Crippen LogP contribution is -2.54. The topological polar surface area (TPSA) is 85.3 Å². The second-order valence-electron chi connectivity index (χ2n) is 4.58. The van der Waals surface area contributed by atoms with E-state index in [4.69, 9.17) is 5.41 Å². The molecule has 1 aliphatic rings. The molecule has 0 radical (unpaired) electrons. The summed E-state index contributed by atoms with van der Waals surface area (Å²) in [6.45, 7) is 3.62. The zero-order chi connectivity index (χ0) is 13.7. The Hall–Kier alpha value is -1.43. The molecule has 102 valence electrons. The molecule has 1 saturated heterocycles. The number of carbonyl (C=O) groups excluding carboxylic acids is 2. The van der Waals surface area contributed by atoms with Gasteiger partial charge in [0.1, 0.15) is 0 Å². The quantitative estimate of drug-likeness (QED) is 0.493. The molecule has 6 heteroatoms. The number of amides is 2. The highest BCUT2D eigenvalue weighted by Gasteiger charge is 2.32. The Labute approximate surface area is 108 Å². The van der Waals surface area contributed by atoms with Crippen molar-refractivity contribution in [3.63, 3.8) is 0 Å². The maximum absolute atomic E-state index is 12.3. The second-order valence-corrected chi connectivity index (χ2v) is 4.58. The molecule has 1 rings (SSSR count). The van der Waals surface area contributed by atoms with Gasteiger partial charge in [0.25, 0.3) is 0 Å². The normalized spacial score (nSPS) is 24.6. The molecule has 1 fully saturated rings. The van der Waals surface area contributed by atoms with Crippen LogP contribution >= 0.6 is 0 Å². The van der Waals surface area contributed by atoms with Crippen molar-refractivity contribution in [3.05, 3.63) is 0 Å². The maximum atomic E-state index is 12.3. The van der Waals surface area contributed by atoms with Crippen LogP contribution < -0.4 is 10.6 Å². The van der Waals surface area contributed by atoms with Crippen LogP contribution in [0.1, 0.15) is 39.5 Å². The molecule has 18 heavy (non-hydrogen) atoms. The molecule has 1 heterocycles. The fourth-order valence-corrected chi connectivity index (χ4v) is 2.13. The number of likely N-dealkylation sites (N-methyl/N-ethyl adjacent to an activating group) is 1. The van der Waals surface area contributed by atoms with Gasteiger partial charge in [-0.2, -0.15) is 0 Å². The van der Waals surface area contributed by atoms with Gasteiger partial charge in [-0.15, -0.1) is 0 Å². The summed E-state index contributed by atoms with van der Waals surface area (Å²) in [5.74, 6) is -0.490. The van der Waals surface area contributed by atoms with Crippen LogP contribution in [0.25, 0.3) is 0 Å². The smallest absolute Gasteiger partial charge is 0.246 e. The van der Waals surface area contributed by atoms with E-state index in [1.807, 2.05) is 6.92 Å². The summed E-state index contributed by atoms with van der Waals surface area (Å²) in [6, 6.07) is -0.325. The molecule has 2 amide bonds. The molecule has 0 spiro atoms. The summed E-state index contributed by atoms with van der Waals surface area (Å²) in [5, 5.41) is 13.3. The molecule has 0 aromatic heterocycles. The summed E-state index contributed by atoms with van der Waals surface area (Å²) in [6.07, 6.45) is 2.84. The van der Waals surface area contributed by atoms with Crippen LogP contribution in [-0.4, -0.2) is 41.8 Å². The summed E-state index contributed by atoms with van der Waals surface area (Å²) in [5.41, 5.74) is 0. The Morgan fingerprint density at radius 3 is 2.72 bits per heavy atom. The third-order valence-electron chi connectivity index (χ3n) is 3.26. The molecule has 0 aromatic carbocycles. The fourth-order valence-electron chi connectivity index (χ4n) is 2.13. The first-order chi connectivity index (χ1) is 8.51. The van der Waals surface area contributed by atoms with Crippen LogP contribution in [0.5, 0.6) is 0 Å². The van der Waals surface area contributed by atoms with Gasteiger partial charge in [0, 0.05) is 12.5 Å². The standard InChI is InChI=1S/C12H22N4O2/c1-4-10(17)15-12(13)16-8(2)6-5-7-9(14-3)11(16)18/h8-9,14H,4-7H2,1-3H3,(H2,13,15,17). The van der Waals surface area contributed by atoms with Crippen LogP contribution in [-0.2, 0) is 9.59 Å². The van der Waals surface area contributed by atoms with Crippen molar-refractivity contribution < 1.29 is 9.59 Å². The Morgan fingerprint density at radius 2 is 2.17 bits per heavy atom. The van der Waals surface area contributed by atoms with Gasteiger partial charge in [-0.1, -0.05) is 6.92 Å². The first kappa shape index (κ1) is 14.6. The Kier molecular flexibility index (Phi) is 5.27. The summed E-state index contributed by atoms with van der Waals surface area (Å²) in [7, 11) is 1.74. The van der Waals surface area contributed by atoms with Crippen molar-refractivity contribution in [1.29, 1.82) is 5.41 Å². The molecule has 2 atom stereocenters. The van der Waals surface area contributed by atoms with E-state index in [2.05, 4.69) is 10.6 Å². The molecular formula is C12H22N4O2. The van der Waals surface area contributed by atoms with E-state index in [1.54, 1.807) is 14.0 Å². The number of likely N-dealkylation sites (tertiary alicyclic amines) is 1. The highest BCUT2D eigenvalue weighted by atomic mass is 16.2.